The number of carbonyl (C=O) groups is 1. The molecule has 0 aliphatic heterocycles. The summed E-state index contributed by atoms with van der Waals surface area (Å²) in [5, 5.41) is 4.37. The number of aryl methyl sites for hydroxylation is 1. The van der Waals surface area contributed by atoms with Gasteiger partial charge in [-0.25, -0.2) is 9.48 Å². The van der Waals surface area contributed by atoms with Crippen molar-refractivity contribution in [2.75, 3.05) is 13.2 Å². The zero-order chi connectivity index (χ0) is 15.2. The van der Waals surface area contributed by atoms with Crippen LogP contribution in [0.25, 0.3) is 0 Å². The highest BCUT2D eigenvalue weighted by molar-refractivity contribution is 6.76. The Kier molecular flexibility index (Phi) is 6.42. The molecule has 1 aromatic heterocycles. The fourth-order valence-electron chi connectivity index (χ4n) is 1.64. The van der Waals surface area contributed by atoms with E-state index in [4.69, 9.17) is 9.47 Å². The largest absolute Gasteiger partial charge is 0.461 e. The minimum absolute atomic E-state index is 0.304. The second-order valence-corrected chi connectivity index (χ2v) is 11.6. The number of rotatable bonds is 8. The van der Waals surface area contributed by atoms with Gasteiger partial charge in [-0.2, -0.15) is 5.10 Å². The molecule has 1 heterocycles. The molecule has 6 heteroatoms. The van der Waals surface area contributed by atoms with Gasteiger partial charge in [-0.15, -0.1) is 0 Å². The molecule has 0 spiro atoms. The lowest BCUT2D eigenvalue weighted by Gasteiger charge is -2.15. The maximum atomic E-state index is 11.9. The maximum Gasteiger partial charge on any atom is 0.356 e. The Morgan fingerprint density at radius 1 is 1.35 bits per heavy atom. The lowest BCUT2D eigenvalue weighted by atomic mass is 10.3. The number of hydrogen-bond donors (Lipinski definition) is 0. The van der Waals surface area contributed by atoms with Gasteiger partial charge in [0.25, 0.3) is 0 Å². The second-order valence-electron chi connectivity index (χ2n) is 5.94. The van der Waals surface area contributed by atoms with Crippen LogP contribution in [0.4, 0.5) is 0 Å². The van der Waals surface area contributed by atoms with Gasteiger partial charge in [-0.3, -0.25) is 0 Å². The van der Waals surface area contributed by atoms with E-state index in [2.05, 4.69) is 24.7 Å². The summed E-state index contributed by atoms with van der Waals surface area (Å²) in [6, 6.07) is 2.88. The lowest BCUT2D eigenvalue weighted by Crippen LogP contribution is -2.22. The highest BCUT2D eigenvalue weighted by atomic mass is 28.3. The van der Waals surface area contributed by atoms with Crippen molar-refractivity contribution in [3.8, 4) is 0 Å². The van der Waals surface area contributed by atoms with Crippen molar-refractivity contribution in [3.05, 3.63) is 17.5 Å². The van der Waals surface area contributed by atoms with Gasteiger partial charge in [0.05, 0.1) is 12.3 Å². The molecule has 0 N–H and O–H groups in total. The summed E-state index contributed by atoms with van der Waals surface area (Å²) in [7, 11) is -1.09. The quantitative estimate of drug-likeness (QED) is 0.421. The van der Waals surface area contributed by atoms with Gasteiger partial charge < -0.3 is 9.47 Å². The molecule has 0 saturated carbocycles. The molecule has 1 aromatic rings. The summed E-state index contributed by atoms with van der Waals surface area (Å²) in [5.74, 6) is -0.339. The molecule has 20 heavy (non-hydrogen) atoms. The van der Waals surface area contributed by atoms with Gasteiger partial charge in [-0.1, -0.05) is 26.6 Å². The fourth-order valence-corrected chi connectivity index (χ4v) is 2.40. The van der Waals surface area contributed by atoms with Crippen LogP contribution in [-0.2, 0) is 22.6 Å². The van der Waals surface area contributed by atoms with Crippen LogP contribution in [0.5, 0.6) is 0 Å². The monoisotopic (exact) mass is 298 g/mol. The van der Waals surface area contributed by atoms with Crippen LogP contribution >= 0.6 is 0 Å². The van der Waals surface area contributed by atoms with Crippen molar-refractivity contribution >= 4 is 14.0 Å². The molecule has 0 aliphatic rings. The van der Waals surface area contributed by atoms with E-state index >= 15 is 0 Å². The number of carbonyl (C=O) groups excluding carboxylic acids is 1. The molecule has 114 valence electrons. The summed E-state index contributed by atoms with van der Waals surface area (Å²) in [6.45, 7) is 12.1. The van der Waals surface area contributed by atoms with E-state index in [9.17, 15) is 4.79 Å². The van der Waals surface area contributed by atoms with Crippen LogP contribution in [0.2, 0.25) is 25.7 Å². The molecular formula is C14H26N2O3Si. The van der Waals surface area contributed by atoms with E-state index < -0.39 is 8.07 Å². The Hall–Kier alpha value is -1.14. The molecule has 0 radical (unpaired) electrons. The molecule has 0 fully saturated rings. The highest BCUT2D eigenvalue weighted by Gasteiger charge is 2.16. The van der Waals surface area contributed by atoms with E-state index in [1.165, 1.54) is 0 Å². The third-order valence-corrected chi connectivity index (χ3v) is 4.59. The number of hydrogen-bond acceptors (Lipinski definition) is 4. The molecule has 0 unspecified atom stereocenters. The van der Waals surface area contributed by atoms with Gasteiger partial charge in [0.2, 0.25) is 0 Å². The molecule has 0 atom stereocenters. The molecule has 5 nitrogen and oxygen atoms in total. The maximum absolute atomic E-state index is 11.9. The fraction of sp³-hybridized carbons (Fsp3) is 0.714. The van der Waals surface area contributed by atoms with Crippen molar-refractivity contribution in [2.45, 2.75) is 52.7 Å². The molecule has 1 rings (SSSR count). The van der Waals surface area contributed by atoms with E-state index in [1.807, 2.05) is 6.92 Å². The molecule has 0 aliphatic carbocycles. The van der Waals surface area contributed by atoms with Crippen molar-refractivity contribution in [3.63, 3.8) is 0 Å². The average molecular weight is 298 g/mol. The van der Waals surface area contributed by atoms with Crippen LogP contribution in [0.15, 0.2) is 6.07 Å². The SMILES string of the molecule is CCOC(=O)c1cc(CC)nn1COCC[Si](C)(C)C. The lowest BCUT2D eigenvalue weighted by molar-refractivity contribution is 0.0455. The Bertz CT molecular complexity index is 438. The smallest absolute Gasteiger partial charge is 0.356 e. The van der Waals surface area contributed by atoms with Crippen molar-refractivity contribution in [2.24, 2.45) is 0 Å². The first-order valence-electron chi connectivity index (χ1n) is 7.19. The highest BCUT2D eigenvalue weighted by Crippen LogP contribution is 2.10. The van der Waals surface area contributed by atoms with E-state index in [0.717, 1.165) is 18.2 Å². The summed E-state index contributed by atoms with van der Waals surface area (Å²) < 4.78 is 12.3. The molecular weight excluding hydrogens is 272 g/mol. The molecule has 0 bridgehead atoms. The van der Waals surface area contributed by atoms with E-state index in [-0.39, 0.29) is 5.97 Å². The van der Waals surface area contributed by atoms with E-state index in [1.54, 1.807) is 17.7 Å². The molecule has 0 aromatic carbocycles. The van der Waals surface area contributed by atoms with Crippen LogP contribution in [-0.4, -0.2) is 37.0 Å². The summed E-state index contributed by atoms with van der Waals surface area (Å²) in [4.78, 5) is 11.9. The Balaban J connectivity index is 2.63. The number of esters is 1. The number of nitrogens with zero attached hydrogens (tertiary/aromatic N) is 2. The van der Waals surface area contributed by atoms with Crippen LogP contribution in [0.1, 0.15) is 30.0 Å². The minimum Gasteiger partial charge on any atom is -0.461 e. The van der Waals surface area contributed by atoms with Crippen molar-refractivity contribution in [1.82, 2.24) is 9.78 Å². The molecule has 0 saturated heterocycles. The summed E-state index contributed by atoms with van der Waals surface area (Å²) in [5.41, 5.74) is 1.35. The average Bonchev–Trinajstić information content (AvgIpc) is 2.77. The third-order valence-electron chi connectivity index (χ3n) is 2.89. The molecule has 0 amide bonds. The first-order valence-corrected chi connectivity index (χ1v) is 10.9. The van der Waals surface area contributed by atoms with Crippen LogP contribution < -0.4 is 0 Å². The Morgan fingerprint density at radius 2 is 2.05 bits per heavy atom. The van der Waals surface area contributed by atoms with Gasteiger partial charge in [0.1, 0.15) is 12.4 Å². The normalized spacial score (nSPS) is 11.7. The topological polar surface area (TPSA) is 53.3 Å². The first kappa shape index (κ1) is 16.9. The van der Waals surface area contributed by atoms with Crippen LogP contribution in [0.3, 0.4) is 0 Å². The second kappa shape index (κ2) is 7.59. The Labute approximate surface area is 122 Å². The standard InChI is InChI=1S/C14H26N2O3Si/c1-6-12-10-13(14(17)19-7-2)16(15-12)11-18-8-9-20(3,4)5/h10H,6-9,11H2,1-5H3. The van der Waals surface area contributed by atoms with Gasteiger partial charge in [0.15, 0.2) is 0 Å². The van der Waals surface area contributed by atoms with Crippen molar-refractivity contribution in [1.29, 1.82) is 0 Å². The predicted molar refractivity (Wildman–Crippen MR) is 81.7 cm³/mol. The number of ether oxygens (including phenoxy) is 2. The van der Waals surface area contributed by atoms with Crippen LogP contribution in [0, 0.1) is 0 Å². The third kappa shape index (κ3) is 5.46. The first-order chi connectivity index (χ1) is 9.37. The van der Waals surface area contributed by atoms with Gasteiger partial charge in [0, 0.05) is 14.7 Å². The predicted octanol–water partition coefficient (Wildman–Crippen LogP) is 2.93. The minimum atomic E-state index is -1.09. The summed E-state index contributed by atoms with van der Waals surface area (Å²) >= 11 is 0. The summed E-state index contributed by atoms with van der Waals surface area (Å²) in [6.07, 6.45) is 0.786. The van der Waals surface area contributed by atoms with Crippen molar-refractivity contribution < 1.29 is 14.3 Å². The van der Waals surface area contributed by atoms with Gasteiger partial charge >= 0.3 is 5.97 Å². The van der Waals surface area contributed by atoms with E-state index in [0.29, 0.717) is 25.6 Å². The zero-order valence-corrected chi connectivity index (χ0v) is 14.2. The van der Waals surface area contributed by atoms with Gasteiger partial charge in [-0.05, 0) is 25.5 Å². The zero-order valence-electron chi connectivity index (χ0n) is 13.2. The Morgan fingerprint density at radius 3 is 2.60 bits per heavy atom. The number of aromatic nitrogens is 2.